The summed E-state index contributed by atoms with van der Waals surface area (Å²) in [5, 5.41) is 3.24. The van der Waals surface area contributed by atoms with Crippen molar-refractivity contribution in [3.63, 3.8) is 0 Å². The number of nitrogens with zero attached hydrogens (tertiary/aromatic N) is 2. The molecule has 1 atom stereocenters. The van der Waals surface area contributed by atoms with Gasteiger partial charge in [0, 0.05) is 6.04 Å². The van der Waals surface area contributed by atoms with E-state index in [0.29, 0.717) is 17.3 Å². The number of carbonyl (C=O) groups is 1. The van der Waals surface area contributed by atoms with Gasteiger partial charge in [-0.3, -0.25) is 4.98 Å². The number of ether oxygens (including phenoxy) is 1. The number of carbonyl (C=O) groups excluding carboxylic acids is 1. The highest BCUT2D eigenvalue weighted by Crippen LogP contribution is 2.46. The van der Waals surface area contributed by atoms with E-state index in [9.17, 15) is 4.79 Å². The van der Waals surface area contributed by atoms with E-state index >= 15 is 0 Å². The quantitative estimate of drug-likeness (QED) is 0.783. The standard InChI is InChI=1S/C11H15N3O2/c1-11(2)4-8(11)14-9-6-12-5-7(13-9)10(15)16-3/h5-6,8H,4H2,1-3H3,(H,13,14). The molecule has 1 fully saturated rings. The Morgan fingerprint density at radius 1 is 1.56 bits per heavy atom. The van der Waals surface area contributed by atoms with Crippen molar-refractivity contribution in [2.24, 2.45) is 5.41 Å². The fraction of sp³-hybridized carbons (Fsp3) is 0.545. The lowest BCUT2D eigenvalue weighted by Crippen LogP contribution is -2.12. The molecule has 1 unspecified atom stereocenters. The maximum atomic E-state index is 11.2. The minimum Gasteiger partial charge on any atom is -0.464 e. The molecular weight excluding hydrogens is 206 g/mol. The molecule has 1 N–H and O–H groups in total. The van der Waals surface area contributed by atoms with Gasteiger partial charge in [0.1, 0.15) is 5.82 Å². The zero-order valence-electron chi connectivity index (χ0n) is 9.65. The van der Waals surface area contributed by atoms with Crippen LogP contribution in [-0.2, 0) is 4.74 Å². The molecule has 16 heavy (non-hydrogen) atoms. The molecule has 1 heterocycles. The zero-order chi connectivity index (χ0) is 11.8. The fourth-order valence-electron chi connectivity index (χ4n) is 1.53. The molecule has 5 nitrogen and oxygen atoms in total. The third-order valence-electron chi connectivity index (χ3n) is 2.86. The fourth-order valence-corrected chi connectivity index (χ4v) is 1.53. The number of nitrogens with one attached hydrogen (secondary N) is 1. The van der Waals surface area contributed by atoms with E-state index < -0.39 is 5.97 Å². The SMILES string of the molecule is COC(=O)c1cncc(NC2CC2(C)C)n1. The Balaban J connectivity index is 2.08. The molecule has 1 aliphatic carbocycles. The molecule has 5 heteroatoms. The van der Waals surface area contributed by atoms with Gasteiger partial charge in [-0.25, -0.2) is 9.78 Å². The minimum atomic E-state index is -0.466. The topological polar surface area (TPSA) is 64.1 Å². The molecule has 1 aromatic heterocycles. The molecular formula is C11H15N3O2. The van der Waals surface area contributed by atoms with Gasteiger partial charge in [-0.05, 0) is 11.8 Å². The summed E-state index contributed by atoms with van der Waals surface area (Å²) in [7, 11) is 1.33. The highest BCUT2D eigenvalue weighted by atomic mass is 16.5. The lowest BCUT2D eigenvalue weighted by Gasteiger charge is -2.07. The monoisotopic (exact) mass is 221 g/mol. The summed E-state index contributed by atoms with van der Waals surface area (Å²) in [6.07, 6.45) is 4.12. The molecule has 0 aromatic carbocycles. The number of esters is 1. The number of aromatic nitrogens is 2. The molecule has 86 valence electrons. The smallest absolute Gasteiger partial charge is 0.358 e. The van der Waals surface area contributed by atoms with Crippen LogP contribution in [0.25, 0.3) is 0 Å². The summed E-state index contributed by atoms with van der Waals surface area (Å²) in [5.74, 6) is 0.157. The average molecular weight is 221 g/mol. The first-order valence-corrected chi connectivity index (χ1v) is 5.20. The van der Waals surface area contributed by atoms with Crippen LogP contribution in [0, 0.1) is 5.41 Å². The van der Waals surface area contributed by atoms with Crippen molar-refractivity contribution in [2.75, 3.05) is 12.4 Å². The first-order chi connectivity index (χ1) is 7.53. The first-order valence-electron chi connectivity index (χ1n) is 5.20. The Kier molecular flexibility index (Phi) is 2.53. The summed E-state index contributed by atoms with van der Waals surface area (Å²) >= 11 is 0. The lowest BCUT2D eigenvalue weighted by atomic mass is 10.2. The molecule has 0 aliphatic heterocycles. The second kappa shape index (κ2) is 3.73. The highest BCUT2D eigenvalue weighted by Gasteiger charge is 2.45. The van der Waals surface area contributed by atoms with E-state index in [1.54, 1.807) is 6.20 Å². The number of hydrogen-bond acceptors (Lipinski definition) is 5. The van der Waals surface area contributed by atoms with Gasteiger partial charge >= 0.3 is 5.97 Å². The van der Waals surface area contributed by atoms with Gasteiger partial charge in [-0.15, -0.1) is 0 Å². The Morgan fingerprint density at radius 2 is 2.25 bits per heavy atom. The van der Waals surface area contributed by atoms with E-state index in [-0.39, 0.29) is 5.69 Å². The van der Waals surface area contributed by atoms with Gasteiger partial charge in [-0.1, -0.05) is 13.8 Å². The zero-order valence-corrected chi connectivity index (χ0v) is 9.65. The molecule has 1 saturated carbocycles. The summed E-state index contributed by atoms with van der Waals surface area (Å²) in [4.78, 5) is 19.3. The van der Waals surface area contributed by atoms with Crippen LogP contribution in [0.1, 0.15) is 30.8 Å². The van der Waals surface area contributed by atoms with Gasteiger partial charge in [0.15, 0.2) is 5.69 Å². The van der Waals surface area contributed by atoms with Crippen LogP contribution in [0.3, 0.4) is 0 Å². The van der Waals surface area contributed by atoms with Gasteiger partial charge < -0.3 is 10.1 Å². The number of hydrogen-bond donors (Lipinski definition) is 1. The second-order valence-corrected chi connectivity index (χ2v) is 4.67. The molecule has 0 radical (unpaired) electrons. The van der Waals surface area contributed by atoms with E-state index in [4.69, 9.17) is 0 Å². The summed E-state index contributed by atoms with van der Waals surface area (Å²) in [6.45, 7) is 4.37. The normalized spacial score (nSPS) is 21.3. The average Bonchev–Trinajstić information content (AvgIpc) is 2.85. The highest BCUT2D eigenvalue weighted by molar-refractivity contribution is 5.87. The van der Waals surface area contributed by atoms with E-state index in [2.05, 4.69) is 33.9 Å². The first kappa shape index (κ1) is 10.9. The van der Waals surface area contributed by atoms with Crippen molar-refractivity contribution in [1.82, 2.24) is 9.97 Å². The van der Waals surface area contributed by atoms with E-state index in [1.807, 2.05) is 0 Å². The maximum absolute atomic E-state index is 11.2. The number of anilines is 1. The van der Waals surface area contributed by atoms with Crippen LogP contribution in [-0.4, -0.2) is 29.1 Å². The Labute approximate surface area is 94.2 Å². The summed E-state index contributed by atoms with van der Waals surface area (Å²) < 4.78 is 4.58. The lowest BCUT2D eigenvalue weighted by molar-refractivity contribution is 0.0593. The molecule has 1 aromatic rings. The predicted octanol–water partition coefficient (Wildman–Crippen LogP) is 1.47. The van der Waals surface area contributed by atoms with Gasteiger partial charge in [0.2, 0.25) is 0 Å². The van der Waals surface area contributed by atoms with Gasteiger partial charge in [-0.2, -0.15) is 0 Å². The molecule has 0 bridgehead atoms. The third kappa shape index (κ3) is 2.13. The van der Waals surface area contributed by atoms with Crippen LogP contribution in [0.15, 0.2) is 12.4 Å². The van der Waals surface area contributed by atoms with Crippen LogP contribution in [0.4, 0.5) is 5.82 Å². The van der Waals surface area contributed by atoms with Gasteiger partial charge in [0.25, 0.3) is 0 Å². The van der Waals surface area contributed by atoms with Crippen molar-refractivity contribution in [2.45, 2.75) is 26.3 Å². The summed E-state index contributed by atoms with van der Waals surface area (Å²) in [5.41, 5.74) is 0.536. The Bertz CT molecular complexity index is 417. The number of rotatable bonds is 3. The van der Waals surface area contributed by atoms with E-state index in [1.165, 1.54) is 13.3 Å². The summed E-state index contributed by atoms with van der Waals surface area (Å²) in [6, 6.07) is 0.412. The number of methoxy groups -OCH3 is 1. The minimum absolute atomic E-state index is 0.228. The second-order valence-electron chi connectivity index (χ2n) is 4.67. The van der Waals surface area contributed by atoms with Crippen LogP contribution in [0.2, 0.25) is 0 Å². The molecule has 0 saturated heterocycles. The molecule has 0 amide bonds. The van der Waals surface area contributed by atoms with Crippen molar-refractivity contribution in [3.05, 3.63) is 18.1 Å². The van der Waals surface area contributed by atoms with Crippen molar-refractivity contribution in [3.8, 4) is 0 Å². The van der Waals surface area contributed by atoms with Crippen molar-refractivity contribution in [1.29, 1.82) is 0 Å². The van der Waals surface area contributed by atoms with Gasteiger partial charge in [0.05, 0.1) is 19.5 Å². The van der Waals surface area contributed by atoms with Crippen molar-refractivity contribution < 1.29 is 9.53 Å². The Morgan fingerprint density at radius 3 is 2.81 bits per heavy atom. The van der Waals surface area contributed by atoms with E-state index in [0.717, 1.165) is 6.42 Å². The maximum Gasteiger partial charge on any atom is 0.358 e. The molecule has 1 aliphatic rings. The predicted molar refractivity (Wildman–Crippen MR) is 59.2 cm³/mol. The van der Waals surface area contributed by atoms with Crippen molar-refractivity contribution >= 4 is 11.8 Å². The largest absolute Gasteiger partial charge is 0.464 e. The Hall–Kier alpha value is -1.65. The molecule has 2 rings (SSSR count). The van der Waals surface area contributed by atoms with Crippen LogP contribution >= 0.6 is 0 Å². The molecule has 0 spiro atoms. The third-order valence-corrected chi connectivity index (χ3v) is 2.86. The van der Waals surface area contributed by atoms with Crippen LogP contribution < -0.4 is 5.32 Å². The van der Waals surface area contributed by atoms with Crippen LogP contribution in [0.5, 0.6) is 0 Å².